The van der Waals surface area contributed by atoms with Gasteiger partial charge in [0.2, 0.25) is 0 Å². The summed E-state index contributed by atoms with van der Waals surface area (Å²) in [4.78, 5) is 17.9. The molecular weight excluding hydrogens is 264 g/mol. The van der Waals surface area contributed by atoms with E-state index in [1.807, 2.05) is 33.1 Å². The Kier molecular flexibility index (Phi) is 3.99. The molecule has 5 nitrogen and oxygen atoms in total. The van der Waals surface area contributed by atoms with Gasteiger partial charge in [0, 0.05) is 18.3 Å². The molecule has 0 saturated carbocycles. The number of hydrogen-bond acceptors (Lipinski definition) is 5. The van der Waals surface area contributed by atoms with Gasteiger partial charge in [0.05, 0.1) is 12.2 Å². The lowest BCUT2D eigenvalue weighted by molar-refractivity contribution is 0.0275. The molecule has 1 atom stereocenters. The average molecular weight is 284 g/mol. The van der Waals surface area contributed by atoms with E-state index in [4.69, 9.17) is 9.47 Å². The third kappa shape index (κ3) is 4.09. The summed E-state index contributed by atoms with van der Waals surface area (Å²) < 4.78 is 11.1. The third-order valence-electron chi connectivity index (χ3n) is 2.66. The van der Waals surface area contributed by atoms with Gasteiger partial charge < -0.3 is 14.4 Å². The summed E-state index contributed by atoms with van der Waals surface area (Å²) in [5.41, 5.74) is 0.504. The molecule has 2 heterocycles. The molecule has 1 amide bonds. The maximum absolute atomic E-state index is 11.9. The number of hydrogen-bond donors (Lipinski definition) is 0. The van der Waals surface area contributed by atoms with Crippen LogP contribution in [0.1, 0.15) is 32.9 Å². The molecule has 2 rings (SSSR count). The van der Waals surface area contributed by atoms with Crippen LogP contribution in [0.4, 0.5) is 4.79 Å². The Bertz CT molecular complexity index is 453. The molecule has 0 N–H and O–H groups in total. The second-order valence-electron chi connectivity index (χ2n) is 5.71. The number of ether oxygens (including phenoxy) is 2. The number of carbonyl (C=O) groups is 1. The molecule has 1 aliphatic heterocycles. The molecule has 0 bridgehead atoms. The van der Waals surface area contributed by atoms with Crippen molar-refractivity contribution in [2.24, 2.45) is 0 Å². The molecule has 0 unspecified atom stereocenters. The van der Waals surface area contributed by atoms with Gasteiger partial charge in [0.15, 0.2) is 0 Å². The summed E-state index contributed by atoms with van der Waals surface area (Å²) in [5.74, 6) is 0. The molecule has 0 aliphatic carbocycles. The Labute approximate surface area is 117 Å². The monoisotopic (exact) mass is 284 g/mol. The zero-order chi connectivity index (χ0) is 14.0. The van der Waals surface area contributed by atoms with Crippen LogP contribution >= 0.6 is 11.3 Å². The lowest BCUT2D eigenvalue weighted by atomic mass is 10.2. The van der Waals surface area contributed by atoms with E-state index in [2.05, 4.69) is 4.98 Å². The minimum absolute atomic E-state index is 0.0121. The van der Waals surface area contributed by atoms with Gasteiger partial charge in [-0.1, -0.05) is 11.3 Å². The maximum atomic E-state index is 11.9. The fourth-order valence-electron chi connectivity index (χ4n) is 1.85. The van der Waals surface area contributed by atoms with Gasteiger partial charge in [0.25, 0.3) is 5.19 Å². The first kappa shape index (κ1) is 14.1. The fraction of sp³-hybridized carbons (Fsp3) is 0.692. The van der Waals surface area contributed by atoms with Crippen LogP contribution in [0.25, 0.3) is 0 Å². The largest absolute Gasteiger partial charge is 0.465 e. The molecule has 1 saturated heterocycles. The van der Waals surface area contributed by atoms with Crippen molar-refractivity contribution in [3.05, 3.63) is 11.1 Å². The Hall–Kier alpha value is -1.30. The number of aryl methyl sites for hydroxylation is 1. The summed E-state index contributed by atoms with van der Waals surface area (Å²) >= 11 is 1.49. The standard InChI is InChI=1S/C13H20N2O3S/c1-9-8-19-11(14-9)17-10-5-6-15(7-10)12(16)18-13(2,3)4/h8,10H,5-7H2,1-4H3/t10-/m0/s1. The van der Waals surface area contributed by atoms with Crippen LogP contribution in [0.15, 0.2) is 5.38 Å². The van der Waals surface area contributed by atoms with E-state index in [-0.39, 0.29) is 12.2 Å². The van der Waals surface area contributed by atoms with Gasteiger partial charge >= 0.3 is 6.09 Å². The second kappa shape index (κ2) is 5.36. The Balaban J connectivity index is 1.84. The van der Waals surface area contributed by atoms with Gasteiger partial charge in [-0.15, -0.1) is 0 Å². The lowest BCUT2D eigenvalue weighted by Gasteiger charge is -2.24. The normalized spacial score (nSPS) is 19.6. The van der Waals surface area contributed by atoms with Crippen LogP contribution in [0.3, 0.4) is 0 Å². The Morgan fingerprint density at radius 1 is 1.53 bits per heavy atom. The molecule has 1 aliphatic rings. The van der Waals surface area contributed by atoms with E-state index in [9.17, 15) is 4.79 Å². The molecule has 0 spiro atoms. The highest BCUT2D eigenvalue weighted by molar-refractivity contribution is 7.11. The molecule has 6 heteroatoms. The number of thiazole rings is 1. The highest BCUT2D eigenvalue weighted by Crippen LogP contribution is 2.23. The molecule has 1 aromatic rings. The van der Waals surface area contributed by atoms with Crippen molar-refractivity contribution in [3.63, 3.8) is 0 Å². The van der Waals surface area contributed by atoms with Crippen molar-refractivity contribution in [3.8, 4) is 5.19 Å². The van der Waals surface area contributed by atoms with Crippen molar-refractivity contribution in [1.29, 1.82) is 0 Å². The number of likely N-dealkylation sites (tertiary alicyclic amines) is 1. The van der Waals surface area contributed by atoms with Crippen molar-refractivity contribution in [1.82, 2.24) is 9.88 Å². The maximum Gasteiger partial charge on any atom is 0.410 e. The van der Waals surface area contributed by atoms with E-state index >= 15 is 0 Å². The molecule has 1 aromatic heterocycles. The zero-order valence-corrected chi connectivity index (χ0v) is 12.6. The minimum atomic E-state index is -0.456. The summed E-state index contributed by atoms with van der Waals surface area (Å²) in [6.45, 7) is 8.77. The van der Waals surface area contributed by atoms with Crippen molar-refractivity contribution >= 4 is 17.4 Å². The Morgan fingerprint density at radius 2 is 2.26 bits per heavy atom. The van der Waals surface area contributed by atoms with E-state index in [0.29, 0.717) is 18.3 Å². The molecule has 19 heavy (non-hydrogen) atoms. The minimum Gasteiger partial charge on any atom is -0.465 e. The first-order valence-electron chi connectivity index (χ1n) is 6.40. The summed E-state index contributed by atoms with van der Waals surface area (Å²) in [6, 6.07) is 0. The van der Waals surface area contributed by atoms with Gasteiger partial charge in [-0.25, -0.2) is 9.78 Å². The van der Waals surface area contributed by atoms with E-state index < -0.39 is 5.60 Å². The molecule has 0 radical (unpaired) electrons. The van der Waals surface area contributed by atoms with Gasteiger partial charge in [-0.05, 0) is 27.7 Å². The van der Waals surface area contributed by atoms with Crippen molar-refractivity contribution in [2.75, 3.05) is 13.1 Å². The van der Waals surface area contributed by atoms with E-state index in [0.717, 1.165) is 12.1 Å². The van der Waals surface area contributed by atoms with Crippen LogP contribution in [0.2, 0.25) is 0 Å². The Morgan fingerprint density at radius 3 is 2.84 bits per heavy atom. The number of amides is 1. The number of rotatable bonds is 2. The number of carbonyl (C=O) groups excluding carboxylic acids is 1. The lowest BCUT2D eigenvalue weighted by Crippen LogP contribution is -2.36. The highest BCUT2D eigenvalue weighted by atomic mass is 32.1. The topological polar surface area (TPSA) is 51.7 Å². The quantitative estimate of drug-likeness (QED) is 0.838. The average Bonchev–Trinajstić information content (AvgIpc) is 2.86. The smallest absolute Gasteiger partial charge is 0.410 e. The van der Waals surface area contributed by atoms with Gasteiger partial charge in [0.1, 0.15) is 11.7 Å². The number of aromatic nitrogens is 1. The third-order valence-corrected chi connectivity index (χ3v) is 3.51. The summed E-state index contributed by atoms with van der Waals surface area (Å²) in [6.07, 6.45) is 0.560. The second-order valence-corrected chi connectivity index (χ2v) is 6.53. The number of nitrogens with zero attached hydrogens (tertiary/aromatic N) is 2. The molecule has 0 aromatic carbocycles. The van der Waals surface area contributed by atoms with Crippen LogP contribution in [0.5, 0.6) is 5.19 Å². The van der Waals surface area contributed by atoms with Crippen molar-refractivity contribution in [2.45, 2.75) is 45.8 Å². The van der Waals surface area contributed by atoms with Crippen LogP contribution in [-0.4, -0.2) is 40.8 Å². The van der Waals surface area contributed by atoms with Crippen LogP contribution in [0, 0.1) is 6.92 Å². The molecule has 106 valence electrons. The predicted molar refractivity (Wildman–Crippen MR) is 73.7 cm³/mol. The predicted octanol–water partition coefficient (Wildman–Crippen LogP) is 2.84. The van der Waals surface area contributed by atoms with Gasteiger partial charge in [-0.2, -0.15) is 0 Å². The molecular formula is C13H20N2O3S. The summed E-state index contributed by atoms with van der Waals surface area (Å²) in [5, 5.41) is 2.63. The molecule has 1 fully saturated rings. The summed E-state index contributed by atoms with van der Waals surface area (Å²) in [7, 11) is 0. The van der Waals surface area contributed by atoms with Crippen molar-refractivity contribution < 1.29 is 14.3 Å². The van der Waals surface area contributed by atoms with Crippen LogP contribution < -0.4 is 4.74 Å². The first-order chi connectivity index (χ1) is 8.83. The van der Waals surface area contributed by atoms with E-state index in [1.165, 1.54) is 11.3 Å². The first-order valence-corrected chi connectivity index (χ1v) is 7.28. The zero-order valence-electron chi connectivity index (χ0n) is 11.8. The van der Waals surface area contributed by atoms with Crippen LogP contribution in [-0.2, 0) is 4.74 Å². The SMILES string of the molecule is Cc1csc(O[C@H]2CCN(C(=O)OC(C)(C)C)C2)n1. The highest BCUT2D eigenvalue weighted by Gasteiger charge is 2.31. The fourth-order valence-corrected chi connectivity index (χ4v) is 2.56. The van der Waals surface area contributed by atoms with Gasteiger partial charge in [-0.3, -0.25) is 0 Å². The van der Waals surface area contributed by atoms with E-state index in [1.54, 1.807) is 4.90 Å².